The molecule has 1 rings (SSSR count). The molecule has 0 heterocycles. The van der Waals surface area contributed by atoms with Crippen molar-refractivity contribution in [3.05, 3.63) is 35.9 Å². The predicted molar refractivity (Wildman–Crippen MR) is 72.1 cm³/mol. The van der Waals surface area contributed by atoms with Crippen LogP contribution in [0.3, 0.4) is 0 Å². The quantitative estimate of drug-likeness (QED) is 0.779. The smallest absolute Gasteiger partial charge is 0.152 e. The number of ketones is 1. The van der Waals surface area contributed by atoms with E-state index in [1.165, 1.54) is 5.56 Å². The van der Waals surface area contributed by atoms with Crippen molar-refractivity contribution in [2.24, 2.45) is 5.41 Å². The standard InChI is InChI=1S/C15H23NO/c1-15(2,3)14(17)12-16(4)11-10-13-8-6-5-7-9-13/h5-9H,10-12H2,1-4H3. The van der Waals surface area contributed by atoms with Crippen molar-refractivity contribution in [2.75, 3.05) is 20.1 Å². The van der Waals surface area contributed by atoms with Crippen LogP contribution in [0, 0.1) is 5.41 Å². The molecule has 0 aromatic heterocycles. The maximum absolute atomic E-state index is 11.8. The molecular formula is C15H23NO. The Bertz CT molecular complexity index is 351. The zero-order valence-corrected chi connectivity index (χ0v) is 11.4. The SMILES string of the molecule is CN(CCc1ccccc1)CC(=O)C(C)(C)C. The highest BCUT2D eigenvalue weighted by Crippen LogP contribution is 2.14. The summed E-state index contributed by atoms with van der Waals surface area (Å²) in [6, 6.07) is 10.4. The van der Waals surface area contributed by atoms with Crippen LogP contribution in [0.5, 0.6) is 0 Å². The first kappa shape index (κ1) is 13.9. The summed E-state index contributed by atoms with van der Waals surface area (Å²) < 4.78 is 0. The van der Waals surface area contributed by atoms with Gasteiger partial charge in [-0.2, -0.15) is 0 Å². The third kappa shape index (κ3) is 5.14. The van der Waals surface area contributed by atoms with Gasteiger partial charge >= 0.3 is 0 Å². The molecule has 94 valence electrons. The van der Waals surface area contributed by atoms with Crippen LogP contribution < -0.4 is 0 Å². The van der Waals surface area contributed by atoms with Gasteiger partial charge < -0.3 is 0 Å². The van der Waals surface area contributed by atoms with E-state index in [1.807, 2.05) is 33.9 Å². The van der Waals surface area contributed by atoms with E-state index in [0.717, 1.165) is 13.0 Å². The van der Waals surface area contributed by atoms with E-state index in [0.29, 0.717) is 12.3 Å². The molecule has 0 radical (unpaired) electrons. The lowest BCUT2D eigenvalue weighted by molar-refractivity contribution is -0.127. The highest BCUT2D eigenvalue weighted by molar-refractivity contribution is 5.85. The van der Waals surface area contributed by atoms with Gasteiger partial charge in [0.15, 0.2) is 5.78 Å². The number of benzene rings is 1. The minimum absolute atomic E-state index is 0.235. The van der Waals surface area contributed by atoms with Gasteiger partial charge in [-0.25, -0.2) is 0 Å². The number of nitrogens with zero attached hydrogens (tertiary/aromatic N) is 1. The van der Waals surface area contributed by atoms with Gasteiger partial charge in [-0.05, 0) is 19.0 Å². The third-order valence-electron chi connectivity index (χ3n) is 2.88. The Morgan fingerprint density at radius 3 is 2.29 bits per heavy atom. The van der Waals surface area contributed by atoms with Crippen molar-refractivity contribution in [3.63, 3.8) is 0 Å². The van der Waals surface area contributed by atoms with Gasteiger partial charge in [0, 0.05) is 12.0 Å². The summed E-state index contributed by atoms with van der Waals surface area (Å²) in [5, 5.41) is 0. The van der Waals surface area contributed by atoms with Crippen molar-refractivity contribution in [3.8, 4) is 0 Å². The zero-order valence-electron chi connectivity index (χ0n) is 11.4. The Kier molecular flexibility index (Phi) is 4.88. The molecular weight excluding hydrogens is 210 g/mol. The monoisotopic (exact) mass is 233 g/mol. The van der Waals surface area contributed by atoms with Crippen LogP contribution in [-0.2, 0) is 11.2 Å². The molecule has 0 aliphatic heterocycles. The number of rotatable bonds is 5. The maximum Gasteiger partial charge on any atom is 0.152 e. The second-order valence-electron chi connectivity index (χ2n) is 5.65. The first-order valence-corrected chi connectivity index (χ1v) is 6.15. The molecule has 0 amide bonds. The molecule has 0 fully saturated rings. The van der Waals surface area contributed by atoms with Crippen LogP contribution in [0.2, 0.25) is 0 Å². The van der Waals surface area contributed by atoms with Crippen molar-refractivity contribution >= 4 is 5.78 Å². The average Bonchev–Trinajstić information content (AvgIpc) is 2.26. The average molecular weight is 233 g/mol. The summed E-state index contributed by atoms with van der Waals surface area (Å²) in [5.74, 6) is 0.299. The number of hydrogen-bond acceptors (Lipinski definition) is 2. The molecule has 2 heteroatoms. The highest BCUT2D eigenvalue weighted by atomic mass is 16.1. The molecule has 0 saturated carbocycles. The van der Waals surface area contributed by atoms with Gasteiger partial charge in [0.25, 0.3) is 0 Å². The number of hydrogen-bond donors (Lipinski definition) is 0. The predicted octanol–water partition coefficient (Wildman–Crippen LogP) is 2.78. The number of likely N-dealkylation sites (N-methyl/N-ethyl adjacent to an activating group) is 1. The highest BCUT2D eigenvalue weighted by Gasteiger charge is 2.21. The van der Waals surface area contributed by atoms with Gasteiger partial charge in [-0.3, -0.25) is 9.69 Å². The van der Waals surface area contributed by atoms with Crippen molar-refractivity contribution in [2.45, 2.75) is 27.2 Å². The lowest BCUT2D eigenvalue weighted by atomic mass is 9.90. The van der Waals surface area contributed by atoms with Crippen LogP contribution in [-0.4, -0.2) is 30.8 Å². The van der Waals surface area contributed by atoms with Gasteiger partial charge in [0.1, 0.15) is 0 Å². The Morgan fingerprint density at radius 1 is 1.18 bits per heavy atom. The summed E-state index contributed by atoms with van der Waals surface area (Å²) in [4.78, 5) is 13.9. The largest absolute Gasteiger partial charge is 0.299 e. The lowest BCUT2D eigenvalue weighted by Gasteiger charge is -2.22. The van der Waals surface area contributed by atoms with Crippen molar-refractivity contribution < 1.29 is 4.79 Å². The van der Waals surface area contributed by atoms with Crippen molar-refractivity contribution in [1.29, 1.82) is 0 Å². The molecule has 0 N–H and O–H groups in total. The van der Waals surface area contributed by atoms with Crippen LogP contribution in [0.4, 0.5) is 0 Å². The lowest BCUT2D eigenvalue weighted by Crippen LogP contribution is -2.34. The Morgan fingerprint density at radius 2 is 1.76 bits per heavy atom. The molecule has 0 saturated heterocycles. The minimum Gasteiger partial charge on any atom is -0.299 e. The van der Waals surface area contributed by atoms with E-state index < -0.39 is 0 Å². The fourth-order valence-electron chi connectivity index (χ4n) is 1.53. The molecule has 1 aromatic carbocycles. The second kappa shape index (κ2) is 5.97. The number of Topliss-reactive ketones (excluding diaryl/α,β-unsaturated/α-hetero) is 1. The number of carbonyl (C=O) groups is 1. The summed E-state index contributed by atoms with van der Waals surface area (Å²) in [5.41, 5.74) is 1.09. The fraction of sp³-hybridized carbons (Fsp3) is 0.533. The molecule has 1 aromatic rings. The van der Waals surface area contributed by atoms with Gasteiger partial charge in [0.2, 0.25) is 0 Å². The first-order chi connectivity index (χ1) is 7.89. The van der Waals surface area contributed by atoms with E-state index in [9.17, 15) is 4.79 Å². The van der Waals surface area contributed by atoms with E-state index in [2.05, 4.69) is 29.2 Å². The molecule has 2 nitrogen and oxygen atoms in total. The minimum atomic E-state index is -0.235. The topological polar surface area (TPSA) is 20.3 Å². The molecule has 0 unspecified atom stereocenters. The van der Waals surface area contributed by atoms with Crippen LogP contribution in [0.15, 0.2) is 30.3 Å². The maximum atomic E-state index is 11.8. The van der Waals surface area contributed by atoms with Crippen molar-refractivity contribution in [1.82, 2.24) is 4.90 Å². The summed E-state index contributed by atoms with van der Waals surface area (Å²) >= 11 is 0. The second-order valence-corrected chi connectivity index (χ2v) is 5.65. The van der Waals surface area contributed by atoms with Gasteiger partial charge in [-0.1, -0.05) is 51.1 Å². The third-order valence-corrected chi connectivity index (χ3v) is 2.88. The molecule has 0 aliphatic carbocycles. The van der Waals surface area contributed by atoms with E-state index >= 15 is 0 Å². The molecule has 0 bridgehead atoms. The Labute approximate surface area is 105 Å². The van der Waals surface area contributed by atoms with Gasteiger partial charge in [0.05, 0.1) is 6.54 Å². The van der Waals surface area contributed by atoms with Crippen LogP contribution in [0.25, 0.3) is 0 Å². The normalized spacial score (nSPS) is 11.8. The van der Waals surface area contributed by atoms with E-state index in [-0.39, 0.29) is 5.41 Å². The summed E-state index contributed by atoms with van der Waals surface area (Å²) in [6.45, 7) is 7.38. The molecule has 0 atom stereocenters. The molecule has 17 heavy (non-hydrogen) atoms. The molecule has 0 spiro atoms. The first-order valence-electron chi connectivity index (χ1n) is 6.15. The van der Waals surface area contributed by atoms with Gasteiger partial charge in [-0.15, -0.1) is 0 Å². The fourth-order valence-corrected chi connectivity index (χ4v) is 1.53. The van der Waals surface area contributed by atoms with E-state index in [1.54, 1.807) is 0 Å². The van der Waals surface area contributed by atoms with Crippen LogP contribution >= 0.6 is 0 Å². The Balaban J connectivity index is 2.36. The number of carbonyl (C=O) groups excluding carboxylic acids is 1. The summed E-state index contributed by atoms with van der Waals surface area (Å²) in [7, 11) is 2.01. The van der Waals surface area contributed by atoms with Crippen LogP contribution in [0.1, 0.15) is 26.3 Å². The zero-order chi connectivity index (χ0) is 12.9. The summed E-state index contributed by atoms with van der Waals surface area (Å²) in [6.07, 6.45) is 0.995. The molecule has 0 aliphatic rings. The van der Waals surface area contributed by atoms with E-state index in [4.69, 9.17) is 0 Å². The Hall–Kier alpha value is -1.15.